The molecule has 0 aliphatic rings. The SMILES string of the molecule is Cc1cc2nc3c(c4ccccc4n3C)[n+](C)c2cc1C.[Cl-]. The topological polar surface area (TPSA) is 21.7 Å². The van der Waals surface area contributed by atoms with Gasteiger partial charge in [-0.05, 0) is 43.2 Å². The largest absolute Gasteiger partial charge is 1.00 e. The highest BCUT2D eigenvalue weighted by Crippen LogP contribution is 2.26. The Kier molecular flexibility index (Phi) is 3.33. The molecular weight excluding hydrogens is 294 g/mol. The Labute approximate surface area is 135 Å². The van der Waals surface area contributed by atoms with Crippen molar-refractivity contribution in [2.45, 2.75) is 13.8 Å². The molecule has 0 saturated carbocycles. The summed E-state index contributed by atoms with van der Waals surface area (Å²) in [5.41, 5.74) is 8.28. The van der Waals surface area contributed by atoms with Crippen LogP contribution in [0.15, 0.2) is 36.4 Å². The minimum absolute atomic E-state index is 0. The summed E-state index contributed by atoms with van der Waals surface area (Å²) in [6.45, 7) is 4.30. The molecule has 4 rings (SSSR count). The van der Waals surface area contributed by atoms with Crippen molar-refractivity contribution in [1.29, 1.82) is 0 Å². The number of aromatic nitrogens is 3. The van der Waals surface area contributed by atoms with Gasteiger partial charge >= 0.3 is 0 Å². The highest BCUT2D eigenvalue weighted by Gasteiger charge is 2.21. The standard InChI is InChI=1S/C18H18N3.ClH/c1-11-9-14-16(10-12(11)2)20(3)17-13-7-5-6-8-15(13)21(4)18(17)19-14;/h5-10H,1-4H3;1H/q+1;/p-1. The van der Waals surface area contributed by atoms with E-state index in [0.29, 0.717) is 0 Å². The Morgan fingerprint density at radius 3 is 2.50 bits per heavy atom. The fourth-order valence-electron chi connectivity index (χ4n) is 3.20. The summed E-state index contributed by atoms with van der Waals surface area (Å²) in [7, 11) is 4.22. The smallest absolute Gasteiger partial charge is 0.258 e. The molecule has 112 valence electrons. The molecule has 0 unspecified atom stereocenters. The Balaban J connectivity index is 0.00000144. The summed E-state index contributed by atoms with van der Waals surface area (Å²) >= 11 is 0. The van der Waals surface area contributed by atoms with Crippen molar-refractivity contribution in [2.75, 3.05) is 0 Å². The number of hydrogen-bond acceptors (Lipinski definition) is 1. The molecular formula is C18H18ClN3. The highest BCUT2D eigenvalue weighted by molar-refractivity contribution is 6.03. The van der Waals surface area contributed by atoms with Gasteiger partial charge in [-0.15, -0.1) is 0 Å². The van der Waals surface area contributed by atoms with Crippen LogP contribution in [-0.2, 0) is 14.1 Å². The first-order chi connectivity index (χ1) is 10.1. The highest BCUT2D eigenvalue weighted by atomic mass is 35.5. The second-order valence-electron chi connectivity index (χ2n) is 5.84. The van der Waals surface area contributed by atoms with Crippen LogP contribution >= 0.6 is 0 Å². The lowest BCUT2D eigenvalue weighted by Gasteiger charge is -2.03. The number of benzene rings is 2. The lowest BCUT2D eigenvalue weighted by atomic mass is 10.1. The third-order valence-electron chi connectivity index (χ3n) is 4.56. The van der Waals surface area contributed by atoms with Gasteiger partial charge in [0.25, 0.3) is 5.52 Å². The molecule has 0 N–H and O–H groups in total. The first kappa shape index (κ1) is 14.8. The van der Waals surface area contributed by atoms with Crippen molar-refractivity contribution in [3.8, 4) is 0 Å². The zero-order valence-electron chi connectivity index (χ0n) is 13.2. The van der Waals surface area contributed by atoms with E-state index in [1.165, 1.54) is 33.1 Å². The minimum atomic E-state index is 0. The molecule has 0 spiro atoms. The van der Waals surface area contributed by atoms with Gasteiger partial charge in [-0.1, -0.05) is 12.1 Å². The maximum atomic E-state index is 4.92. The number of aryl methyl sites for hydroxylation is 4. The summed E-state index contributed by atoms with van der Waals surface area (Å²) in [6.07, 6.45) is 0. The van der Waals surface area contributed by atoms with Gasteiger partial charge in [-0.3, -0.25) is 0 Å². The molecule has 3 nitrogen and oxygen atoms in total. The van der Waals surface area contributed by atoms with Crippen LogP contribution in [0.2, 0.25) is 0 Å². The van der Waals surface area contributed by atoms with E-state index in [2.05, 4.69) is 73.5 Å². The summed E-state index contributed by atoms with van der Waals surface area (Å²) in [5.74, 6) is 0. The Morgan fingerprint density at radius 2 is 1.73 bits per heavy atom. The summed E-state index contributed by atoms with van der Waals surface area (Å²) in [6, 6.07) is 12.9. The van der Waals surface area contributed by atoms with E-state index in [1.807, 2.05) is 0 Å². The second kappa shape index (κ2) is 4.96. The van der Waals surface area contributed by atoms with Gasteiger partial charge in [0.1, 0.15) is 12.6 Å². The Bertz CT molecular complexity index is 1030. The molecule has 0 aliphatic carbocycles. The number of hydrogen-bond donors (Lipinski definition) is 0. The van der Waals surface area contributed by atoms with Gasteiger partial charge in [-0.25, -0.2) is 4.98 Å². The zero-order valence-corrected chi connectivity index (χ0v) is 13.9. The maximum absolute atomic E-state index is 4.92. The average molecular weight is 312 g/mol. The molecule has 0 fully saturated rings. The molecule has 2 aromatic heterocycles. The zero-order chi connectivity index (χ0) is 14.7. The lowest BCUT2D eigenvalue weighted by Crippen LogP contribution is -3.00. The summed E-state index contributed by atoms with van der Waals surface area (Å²) < 4.78 is 4.45. The molecule has 0 radical (unpaired) electrons. The van der Waals surface area contributed by atoms with Crippen LogP contribution in [0.4, 0.5) is 0 Å². The quantitative estimate of drug-likeness (QED) is 0.429. The molecule has 0 bridgehead atoms. The van der Waals surface area contributed by atoms with Crippen molar-refractivity contribution >= 4 is 33.1 Å². The van der Waals surface area contributed by atoms with E-state index < -0.39 is 0 Å². The predicted molar refractivity (Wildman–Crippen MR) is 86.4 cm³/mol. The van der Waals surface area contributed by atoms with Crippen molar-refractivity contribution < 1.29 is 17.0 Å². The van der Waals surface area contributed by atoms with E-state index in [0.717, 1.165) is 11.2 Å². The van der Waals surface area contributed by atoms with Gasteiger partial charge in [0.15, 0.2) is 0 Å². The maximum Gasteiger partial charge on any atom is 0.258 e. The van der Waals surface area contributed by atoms with E-state index in [4.69, 9.17) is 4.98 Å². The van der Waals surface area contributed by atoms with Crippen molar-refractivity contribution in [1.82, 2.24) is 9.55 Å². The monoisotopic (exact) mass is 311 g/mol. The Morgan fingerprint density at radius 1 is 1.05 bits per heavy atom. The Hall–Kier alpha value is -2.13. The summed E-state index contributed by atoms with van der Waals surface area (Å²) in [5, 5.41) is 1.25. The average Bonchev–Trinajstić information content (AvgIpc) is 2.76. The first-order valence-corrected chi connectivity index (χ1v) is 7.22. The molecule has 0 saturated heterocycles. The number of rotatable bonds is 0. The van der Waals surface area contributed by atoms with E-state index in [-0.39, 0.29) is 12.4 Å². The van der Waals surface area contributed by atoms with Crippen LogP contribution in [-0.4, -0.2) is 9.55 Å². The van der Waals surface area contributed by atoms with Gasteiger partial charge < -0.3 is 17.0 Å². The molecule has 2 heterocycles. The fourth-order valence-corrected chi connectivity index (χ4v) is 3.20. The van der Waals surface area contributed by atoms with Crippen LogP contribution in [0.3, 0.4) is 0 Å². The van der Waals surface area contributed by atoms with Gasteiger partial charge in [-0.2, -0.15) is 4.57 Å². The van der Waals surface area contributed by atoms with E-state index in [9.17, 15) is 0 Å². The van der Waals surface area contributed by atoms with Crippen molar-refractivity contribution in [3.63, 3.8) is 0 Å². The van der Waals surface area contributed by atoms with Crippen molar-refractivity contribution in [3.05, 3.63) is 47.5 Å². The fraction of sp³-hybridized carbons (Fsp3) is 0.222. The van der Waals surface area contributed by atoms with Crippen LogP contribution in [0.25, 0.3) is 33.1 Å². The third-order valence-corrected chi connectivity index (χ3v) is 4.56. The lowest BCUT2D eigenvalue weighted by molar-refractivity contribution is -0.617. The minimum Gasteiger partial charge on any atom is -1.00 e. The molecule has 4 heteroatoms. The number of para-hydroxylation sites is 1. The van der Waals surface area contributed by atoms with Crippen LogP contribution < -0.4 is 17.0 Å². The number of fused-ring (bicyclic) bond motifs is 4. The van der Waals surface area contributed by atoms with Crippen LogP contribution in [0.5, 0.6) is 0 Å². The molecule has 4 aromatic rings. The van der Waals surface area contributed by atoms with Crippen molar-refractivity contribution in [2.24, 2.45) is 14.1 Å². The predicted octanol–water partition coefficient (Wildman–Crippen LogP) is 0.325. The molecule has 0 aliphatic heterocycles. The number of nitrogens with zero attached hydrogens (tertiary/aromatic N) is 3. The third kappa shape index (κ3) is 1.82. The molecule has 22 heavy (non-hydrogen) atoms. The normalized spacial score (nSPS) is 11.3. The molecule has 0 amide bonds. The molecule has 2 aromatic carbocycles. The van der Waals surface area contributed by atoms with Crippen LogP contribution in [0, 0.1) is 13.8 Å². The number of halogens is 1. The first-order valence-electron chi connectivity index (χ1n) is 7.22. The van der Waals surface area contributed by atoms with Gasteiger partial charge in [0, 0.05) is 13.1 Å². The van der Waals surface area contributed by atoms with Gasteiger partial charge in [0.2, 0.25) is 11.2 Å². The van der Waals surface area contributed by atoms with Crippen LogP contribution in [0.1, 0.15) is 11.1 Å². The summed E-state index contributed by atoms with van der Waals surface area (Å²) in [4.78, 5) is 4.92. The van der Waals surface area contributed by atoms with Gasteiger partial charge in [0.05, 0.1) is 10.9 Å². The molecule has 0 atom stereocenters. The second-order valence-corrected chi connectivity index (χ2v) is 5.84. The van der Waals surface area contributed by atoms with E-state index in [1.54, 1.807) is 0 Å². The van der Waals surface area contributed by atoms with E-state index >= 15 is 0 Å².